The molecule has 2 heteroatoms. The SMILES string of the molecule is CCCC1CCN(CC2(CNC)CCCC(C)C2)C1. The molecule has 112 valence electrons. The summed E-state index contributed by atoms with van der Waals surface area (Å²) in [5.74, 6) is 1.91. The van der Waals surface area contributed by atoms with Crippen molar-refractivity contribution in [3.8, 4) is 0 Å². The van der Waals surface area contributed by atoms with Crippen LogP contribution in [0.1, 0.15) is 58.8 Å². The van der Waals surface area contributed by atoms with E-state index in [0.717, 1.165) is 11.8 Å². The lowest BCUT2D eigenvalue weighted by molar-refractivity contribution is 0.0912. The molecule has 1 aliphatic heterocycles. The molecule has 0 aromatic carbocycles. The Morgan fingerprint density at radius 3 is 2.84 bits per heavy atom. The molecular weight excluding hydrogens is 232 g/mol. The highest BCUT2D eigenvalue weighted by molar-refractivity contribution is 4.91. The van der Waals surface area contributed by atoms with Gasteiger partial charge in [0.25, 0.3) is 0 Å². The van der Waals surface area contributed by atoms with Gasteiger partial charge >= 0.3 is 0 Å². The third kappa shape index (κ3) is 4.19. The second kappa shape index (κ2) is 7.08. The summed E-state index contributed by atoms with van der Waals surface area (Å²) in [5, 5.41) is 3.48. The van der Waals surface area contributed by atoms with Crippen LogP contribution in [0.4, 0.5) is 0 Å². The Labute approximate surface area is 120 Å². The van der Waals surface area contributed by atoms with E-state index in [1.165, 1.54) is 71.1 Å². The van der Waals surface area contributed by atoms with Crippen molar-refractivity contribution in [2.75, 3.05) is 33.2 Å². The molecule has 0 spiro atoms. The van der Waals surface area contributed by atoms with Crippen LogP contribution in [0.3, 0.4) is 0 Å². The first-order valence-corrected chi connectivity index (χ1v) is 8.54. The summed E-state index contributed by atoms with van der Waals surface area (Å²) in [4.78, 5) is 2.77. The number of rotatable bonds is 6. The minimum Gasteiger partial charge on any atom is -0.319 e. The molecule has 2 rings (SSSR count). The van der Waals surface area contributed by atoms with E-state index in [-0.39, 0.29) is 0 Å². The van der Waals surface area contributed by atoms with Crippen molar-refractivity contribution in [3.63, 3.8) is 0 Å². The monoisotopic (exact) mass is 266 g/mol. The molecule has 2 fully saturated rings. The van der Waals surface area contributed by atoms with Crippen LogP contribution in [0.15, 0.2) is 0 Å². The van der Waals surface area contributed by atoms with E-state index in [2.05, 4.69) is 31.1 Å². The highest BCUT2D eigenvalue weighted by atomic mass is 15.2. The van der Waals surface area contributed by atoms with Crippen LogP contribution in [-0.4, -0.2) is 38.1 Å². The van der Waals surface area contributed by atoms with Gasteiger partial charge in [0.1, 0.15) is 0 Å². The van der Waals surface area contributed by atoms with E-state index in [9.17, 15) is 0 Å². The third-order valence-electron chi connectivity index (χ3n) is 5.36. The van der Waals surface area contributed by atoms with Crippen molar-refractivity contribution in [2.45, 2.75) is 58.8 Å². The molecular formula is C17H34N2. The summed E-state index contributed by atoms with van der Waals surface area (Å²) in [6, 6.07) is 0. The fourth-order valence-electron chi connectivity index (χ4n) is 4.68. The first-order chi connectivity index (χ1) is 9.17. The zero-order valence-corrected chi connectivity index (χ0v) is 13.4. The maximum Gasteiger partial charge on any atom is 0.00504 e. The second-order valence-corrected chi connectivity index (χ2v) is 7.41. The van der Waals surface area contributed by atoms with Crippen LogP contribution in [0, 0.1) is 17.3 Å². The van der Waals surface area contributed by atoms with E-state index >= 15 is 0 Å². The van der Waals surface area contributed by atoms with Gasteiger partial charge in [0.05, 0.1) is 0 Å². The maximum atomic E-state index is 3.48. The Balaban J connectivity index is 1.90. The molecule has 3 atom stereocenters. The van der Waals surface area contributed by atoms with Gasteiger partial charge < -0.3 is 10.2 Å². The van der Waals surface area contributed by atoms with Gasteiger partial charge in [-0.1, -0.05) is 33.1 Å². The largest absolute Gasteiger partial charge is 0.319 e. The molecule has 0 aromatic heterocycles. The molecule has 0 aromatic rings. The van der Waals surface area contributed by atoms with Gasteiger partial charge in [-0.15, -0.1) is 0 Å². The molecule has 0 bridgehead atoms. The van der Waals surface area contributed by atoms with Crippen molar-refractivity contribution in [2.24, 2.45) is 17.3 Å². The summed E-state index contributed by atoms with van der Waals surface area (Å²) in [6.45, 7) is 10.1. The molecule has 1 heterocycles. The van der Waals surface area contributed by atoms with Gasteiger partial charge in [-0.2, -0.15) is 0 Å². The lowest BCUT2D eigenvalue weighted by atomic mass is 9.69. The first-order valence-electron chi connectivity index (χ1n) is 8.54. The number of hydrogen-bond donors (Lipinski definition) is 1. The molecule has 19 heavy (non-hydrogen) atoms. The van der Waals surface area contributed by atoms with Gasteiger partial charge in [-0.25, -0.2) is 0 Å². The molecule has 2 nitrogen and oxygen atoms in total. The Morgan fingerprint density at radius 1 is 1.32 bits per heavy atom. The molecule has 1 saturated carbocycles. The average molecular weight is 266 g/mol. The van der Waals surface area contributed by atoms with Crippen molar-refractivity contribution < 1.29 is 0 Å². The van der Waals surface area contributed by atoms with Crippen molar-refractivity contribution >= 4 is 0 Å². The van der Waals surface area contributed by atoms with Crippen LogP contribution < -0.4 is 5.32 Å². The van der Waals surface area contributed by atoms with Crippen LogP contribution in [0.25, 0.3) is 0 Å². The summed E-state index contributed by atoms with van der Waals surface area (Å²) in [5.41, 5.74) is 0.563. The Morgan fingerprint density at radius 2 is 2.16 bits per heavy atom. The lowest BCUT2D eigenvalue weighted by Gasteiger charge is -2.42. The average Bonchev–Trinajstić information content (AvgIpc) is 2.77. The lowest BCUT2D eigenvalue weighted by Crippen LogP contribution is -2.45. The standard InChI is InChI=1S/C17H34N2/c1-4-6-16-8-10-19(12-16)14-17(13-18-3)9-5-7-15(2)11-17/h15-16,18H,4-14H2,1-3H3. The highest BCUT2D eigenvalue weighted by Crippen LogP contribution is 2.40. The summed E-state index contributed by atoms with van der Waals surface area (Å²) >= 11 is 0. The smallest absolute Gasteiger partial charge is 0.00504 e. The van der Waals surface area contributed by atoms with Gasteiger partial charge in [0.2, 0.25) is 0 Å². The molecule has 2 aliphatic rings. The fraction of sp³-hybridized carbons (Fsp3) is 1.00. The van der Waals surface area contributed by atoms with Crippen LogP contribution in [0.5, 0.6) is 0 Å². The van der Waals surface area contributed by atoms with E-state index in [1.807, 2.05) is 0 Å². The summed E-state index contributed by atoms with van der Waals surface area (Å²) < 4.78 is 0. The van der Waals surface area contributed by atoms with Crippen molar-refractivity contribution in [3.05, 3.63) is 0 Å². The Kier molecular flexibility index (Phi) is 5.70. The van der Waals surface area contributed by atoms with E-state index in [0.29, 0.717) is 5.41 Å². The van der Waals surface area contributed by atoms with Crippen LogP contribution in [0.2, 0.25) is 0 Å². The Hall–Kier alpha value is -0.0800. The van der Waals surface area contributed by atoms with Gasteiger partial charge in [0, 0.05) is 19.6 Å². The number of nitrogens with zero attached hydrogens (tertiary/aromatic N) is 1. The van der Waals surface area contributed by atoms with Gasteiger partial charge in [-0.05, 0) is 56.5 Å². The molecule has 3 unspecified atom stereocenters. The zero-order valence-electron chi connectivity index (χ0n) is 13.4. The number of hydrogen-bond acceptors (Lipinski definition) is 2. The van der Waals surface area contributed by atoms with E-state index < -0.39 is 0 Å². The first kappa shape index (κ1) is 15.3. The van der Waals surface area contributed by atoms with Crippen LogP contribution in [-0.2, 0) is 0 Å². The molecule has 0 radical (unpaired) electrons. The summed E-state index contributed by atoms with van der Waals surface area (Å²) in [6.07, 6.45) is 10.00. The second-order valence-electron chi connectivity index (χ2n) is 7.41. The predicted molar refractivity (Wildman–Crippen MR) is 83.4 cm³/mol. The molecule has 1 N–H and O–H groups in total. The van der Waals surface area contributed by atoms with Crippen molar-refractivity contribution in [1.29, 1.82) is 0 Å². The fourth-order valence-corrected chi connectivity index (χ4v) is 4.68. The Bertz CT molecular complexity index is 262. The van der Waals surface area contributed by atoms with Gasteiger partial charge in [0.15, 0.2) is 0 Å². The highest BCUT2D eigenvalue weighted by Gasteiger charge is 2.37. The zero-order chi connectivity index (χ0) is 13.7. The molecule has 1 aliphatic carbocycles. The van der Waals surface area contributed by atoms with E-state index in [1.54, 1.807) is 0 Å². The molecule has 0 amide bonds. The topological polar surface area (TPSA) is 15.3 Å². The molecule has 1 saturated heterocycles. The van der Waals surface area contributed by atoms with Crippen molar-refractivity contribution in [1.82, 2.24) is 10.2 Å². The normalized spacial score (nSPS) is 36.8. The quantitative estimate of drug-likeness (QED) is 0.791. The van der Waals surface area contributed by atoms with E-state index in [4.69, 9.17) is 0 Å². The minimum atomic E-state index is 0.563. The summed E-state index contributed by atoms with van der Waals surface area (Å²) in [7, 11) is 2.13. The third-order valence-corrected chi connectivity index (χ3v) is 5.36. The van der Waals surface area contributed by atoms with Crippen LogP contribution >= 0.6 is 0 Å². The number of likely N-dealkylation sites (tertiary alicyclic amines) is 1. The van der Waals surface area contributed by atoms with Gasteiger partial charge in [-0.3, -0.25) is 0 Å². The maximum absolute atomic E-state index is 3.48. The number of nitrogens with one attached hydrogen (secondary N) is 1. The predicted octanol–water partition coefficient (Wildman–Crippen LogP) is 3.52. The minimum absolute atomic E-state index is 0.563.